The Morgan fingerprint density at radius 1 is 1.38 bits per heavy atom. The third kappa shape index (κ3) is 3.24. The van der Waals surface area contributed by atoms with Crippen LogP contribution < -0.4 is 10.5 Å². The van der Waals surface area contributed by atoms with Crippen molar-refractivity contribution in [3.63, 3.8) is 0 Å². The zero-order valence-corrected chi connectivity index (χ0v) is 12.5. The van der Waals surface area contributed by atoms with Crippen molar-refractivity contribution in [2.24, 2.45) is 0 Å². The molecule has 0 aliphatic heterocycles. The van der Waals surface area contributed by atoms with E-state index in [4.69, 9.17) is 22.6 Å². The monoisotopic (exact) mass is 322 g/mol. The van der Waals surface area contributed by atoms with Crippen LogP contribution in [0, 0.1) is 18.3 Å². The quantitative estimate of drug-likeness (QED) is 0.843. The molecule has 108 valence electrons. The van der Waals surface area contributed by atoms with Crippen LogP contribution in [0.25, 0.3) is 0 Å². The minimum Gasteiger partial charge on any atom is -0.398 e. The lowest BCUT2D eigenvalue weighted by atomic mass is 10.2. The molecule has 0 atom stereocenters. The summed E-state index contributed by atoms with van der Waals surface area (Å²) >= 11 is 5.89. The highest BCUT2D eigenvalue weighted by molar-refractivity contribution is 7.92. The molecule has 0 aliphatic carbocycles. The van der Waals surface area contributed by atoms with E-state index < -0.39 is 10.0 Å². The number of hydrogen-bond acceptors (Lipinski definition) is 5. The van der Waals surface area contributed by atoms with Crippen LogP contribution >= 0.6 is 11.6 Å². The lowest BCUT2D eigenvalue weighted by molar-refractivity contribution is 0.600. The number of halogens is 1. The highest BCUT2D eigenvalue weighted by atomic mass is 35.5. The molecule has 1 aromatic carbocycles. The van der Waals surface area contributed by atoms with Crippen LogP contribution in [-0.4, -0.2) is 13.4 Å². The predicted molar refractivity (Wildman–Crippen MR) is 80.4 cm³/mol. The van der Waals surface area contributed by atoms with Gasteiger partial charge in [-0.05, 0) is 36.8 Å². The number of hydrogen-bond donors (Lipinski definition) is 2. The number of aromatic nitrogens is 1. The molecule has 0 fully saturated rings. The van der Waals surface area contributed by atoms with Crippen LogP contribution in [0.4, 0.5) is 11.4 Å². The molecule has 0 aliphatic rings. The van der Waals surface area contributed by atoms with Gasteiger partial charge < -0.3 is 5.73 Å². The second-order valence-corrected chi connectivity index (χ2v) is 6.37. The van der Waals surface area contributed by atoms with E-state index in [9.17, 15) is 8.42 Å². The van der Waals surface area contributed by atoms with Crippen molar-refractivity contribution in [1.29, 1.82) is 5.26 Å². The molecule has 0 radical (unpaired) electrons. The van der Waals surface area contributed by atoms with Crippen LogP contribution in [0.2, 0.25) is 5.02 Å². The summed E-state index contributed by atoms with van der Waals surface area (Å²) in [6.07, 6.45) is 1.12. The smallest absolute Gasteiger partial charge is 0.263 e. The van der Waals surface area contributed by atoms with Crippen LogP contribution in [-0.2, 0) is 10.0 Å². The molecular weight excluding hydrogens is 312 g/mol. The maximum Gasteiger partial charge on any atom is 0.263 e. The Kier molecular flexibility index (Phi) is 4.02. The summed E-state index contributed by atoms with van der Waals surface area (Å²) in [5.74, 6) is 0. The summed E-state index contributed by atoms with van der Waals surface area (Å²) in [5, 5.41) is 8.92. The Bertz CT molecular complexity index is 826. The van der Waals surface area contributed by atoms with Crippen LogP contribution in [0.1, 0.15) is 11.3 Å². The van der Waals surface area contributed by atoms with Crippen molar-refractivity contribution < 1.29 is 8.42 Å². The summed E-state index contributed by atoms with van der Waals surface area (Å²) in [4.78, 5) is 3.69. The van der Waals surface area contributed by atoms with Gasteiger partial charge in [-0.3, -0.25) is 4.72 Å². The number of nitrogens with two attached hydrogens (primary N) is 1. The fraction of sp³-hybridized carbons (Fsp3) is 0.0769. The van der Waals surface area contributed by atoms with Crippen LogP contribution in [0.15, 0.2) is 35.4 Å². The largest absolute Gasteiger partial charge is 0.398 e. The van der Waals surface area contributed by atoms with Crippen LogP contribution in [0.3, 0.4) is 0 Å². The molecule has 3 N–H and O–H groups in total. The summed E-state index contributed by atoms with van der Waals surface area (Å²) in [6.45, 7) is 1.71. The molecule has 0 bridgehead atoms. The molecule has 0 saturated heterocycles. The first-order valence-electron chi connectivity index (χ1n) is 5.78. The normalized spacial score (nSPS) is 10.9. The SMILES string of the molecule is Cc1cc(N)c(Cl)cc1NS(=O)(=O)c1ccc(C#N)nc1. The highest BCUT2D eigenvalue weighted by Gasteiger charge is 2.16. The van der Waals surface area contributed by atoms with E-state index in [1.807, 2.05) is 6.07 Å². The van der Waals surface area contributed by atoms with Crippen LogP contribution in [0.5, 0.6) is 0 Å². The average Bonchev–Trinajstić information content (AvgIpc) is 2.44. The molecule has 0 spiro atoms. The molecule has 2 rings (SSSR count). The Hall–Kier alpha value is -2.30. The Morgan fingerprint density at radius 2 is 2.10 bits per heavy atom. The molecule has 0 unspecified atom stereocenters. The zero-order chi connectivity index (χ0) is 15.6. The molecule has 0 amide bonds. The maximum atomic E-state index is 12.2. The third-order valence-electron chi connectivity index (χ3n) is 2.75. The summed E-state index contributed by atoms with van der Waals surface area (Å²) in [5.41, 5.74) is 7.13. The molecule has 2 aromatic rings. The Balaban J connectivity index is 2.37. The molecule has 21 heavy (non-hydrogen) atoms. The van der Waals surface area contributed by atoms with Crippen molar-refractivity contribution >= 4 is 33.0 Å². The number of rotatable bonds is 3. The van der Waals surface area contributed by atoms with E-state index >= 15 is 0 Å². The minimum atomic E-state index is -3.81. The number of anilines is 2. The van der Waals surface area contributed by atoms with E-state index in [1.54, 1.807) is 13.0 Å². The number of nitriles is 1. The van der Waals surface area contributed by atoms with E-state index in [1.165, 1.54) is 18.2 Å². The number of pyridine rings is 1. The van der Waals surface area contributed by atoms with Crippen molar-refractivity contribution in [1.82, 2.24) is 4.98 Å². The second-order valence-electron chi connectivity index (χ2n) is 4.29. The Labute approximate surface area is 127 Å². The molecule has 1 heterocycles. The number of nitrogen functional groups attached to an aromatic ring is 1. The lowest BCUT2D eigenvalue weighted by Gasteiger charge is -2.12. The van der Waals surface area contributed by atoms with Gasteiger partial charge in [0.25, 0.3) is 10.0 Å². The van der Waals surface area contributed by atoms with Gasteiger partial charge in [-0.25, -0.2) is 13.4 Å². The van der Waals surface area contributed by atoms with Gasteiger partial charge in [0.15, 0.2) is 0 Å². The first-order valence-corrected chi connectivity index (χ1v) is 7.64. The highest BCUT2D eigenvalue weighted by Crippen LogP contribution is 2.28. The van der Waals surface area contributed by atoms with E-state index in [-0.39, 0.29) is 15.6 Å². The number of aryl methyl sites for hydroxylation is 1. The summed E-state index contributed by atoms with van der Waals surface area (Å²) < 4.78 is 26.9. The first kappa shape index (κ1) is 15.1. The van der Waals surface area contributed by atoms with Gasteiger partial charge >= 0.3 is 0 Å². The predicted octanol–water partition coefficient (Wildman–Crippen LogP) is 2.30. The number of nitrogens with zero attached hydrogens (tertiary/aromatic N) is 2. The van der Waals surface area contributed by atoms with E-state index in [2.05, 4.69) is 9.71 Å². The van der Waals surface area contributed by atoms with Gasteiger partial charge in [0.1, 0.15) is 16.7 Å². The molecule has 0 saturated carbocycles. The number of benzene rings is 1. The summed E-state index contributed by atoms with van der Waals surface area (Å²) in [7, 11) is -3.81. The average molecular weight is 323 g/mol. The molecule has 8 heteroatoms. The standard InChI is InChI=1S/C13H11ClN4O2S/c1-8-4-12(16)11(14)5-13(8)18-21(19,20)10-3-2-9(6-15)17-7-10/h2-5,7,18H,16H2,1H3. The topological polar surface area (TPSA) is 109 Å². The second kappa shape index (κ2) is 5.60. The zero-order valence-electron chi connectivity index (χ0n) is 11.0. The Morgan fingerprint density at radius 3 is 2.67 bits per heavy atom. The molecule has 6 nitrogen and oxygen atoms in total. The van der Waals surface area contributed by atoms with Crippen molar-refractivity contribution in [3.8, 4) is 6.07 Å². The fourth-order valence-corrected chi connectivity index (χ4v) is 2.85. The maximum absolute atomic E-state index is 12.2. The fourth-order valence-electron chi connectivity index (χ4n) is 1.62. The van der Waals surface area contributed by atoms with Crippen molar-refractivity contribution in [3.05, 3.63) is 46.7 Å². The summed E-state index contributed by atoms with van der Waals surface area (Å²) in [6, 6.07) is 7.48. The number of nitrogens with one attached hydrogen (secondary N) is 1. The molecular formula is C13H11ClN4O2S. The van der Waals surface area contributed by atoms with Gasteiger partial charge in [-0.2, -0.15) is 5.26 Å². The number of sulfonamides is 1. The minimum absolute atomic E-state index is 0.0474. The molecule has 1 aromatic heterocycles. The van der Waals surface area contributed by atoms with Gasteiger partial charge in [0.05, 0.1) is 16.4 Å². The third-order valence-corrected chi connectivity index (χ3v) is 4.43. The van der Waals surface area contributed by atoms with Gasteiger partial charge in [0.2, 0.25) is 0 Å². The first-order chi connectivity index (χ1) is 9.83. The van der Waals surface area contributed by atoms with E-state index in [0.29, 0.717) is 16.9 Å². The van der Waals surface area contributed by atoms with Gasteiger partial charge in [-0.15, -0.1) is 0 Å². The van der Waals surface area contributed by atoms with E-state index in [0.717, 1.165) is 6.20 Å². The lowest BCUT2D eigenvalue weighted by Crippen LogP contribution is -2.14. The van der Waals surface area contributed by atoms with Crippen molar-refractivity contribution in [2.45, 2.75) is 11.8 Å². The van der Waals surface area contributed by atoms with Gasteiger partial charge in [-0.1, -0.05) is 11.6 Å². The van der Waals surface area contributed by atoms with Gasteiger partial charge in [0, 0.05) is 6.20 Å². The van der Waals surface area contributed by atoms with Crippen molar-refractivity contribution in [2.75, 3.05) is 10.5 Å².